The van der Waals surface area contributed by atoms with E-state index in [-0.39, 0.29) is 5.96 Å². The third-order valence-electron chi connectivity index (χ3n) is 2.66. The highest BCUT2D eigenvalue weighted by Crippen LogP contribution is 2.05. The van der Waals surface area contributed by atoms with Gasteiger partial charge in [0, 0.05) is 19.6 Å². The van der Waals surface area contributed by atoms with Crippen LogP contribution in [0.3, 0.4) is 0 Å². The Kier molecular flexibility index (Phi) is 9.83. The molecule has 0 aromatic heterocycles. The molecule has 114 valence electrons. The highest BCUT2D eigenvalue weighted by Gasteiger charge is 2.12. The zero-order valence-electron chi connectivity index (χ0n) is 12.3. The number of amides is 1. The summed E-state index contributed by atoms with van der Waals surface area (Å²) in [5.41, 5.74) is 5.39. The van der Waals surface area contributed by atoms with Crippen LogP contribution in [0, 0.1) is 17.4 Å². The molecule has 0 bridgehead atoms. The highest BCUT2D eigenvalue weighted by atomic mass is 16.4. The smallest absolute Gasteiger partial charge is 0.407 e. The van der Waals surface area contributed by atoms with Crippen LogP contribution in [0.2, 0.25) is 0 Å². The number of nitrogens with one attached hydrogen (secondary N) is 1. The predicted molar refractivity (Wildman–Crippen MR) is 78.1 cm³/mol. The van der Waals surface area contributed by atoms with Crippen molar-refractivity contribution >= 4 is 12.1 Å². The van der Waals surface area contributed by atoms with Crippen LogP contribution in [0.5, 0.6) is 0 Å². The average Bonchev–Trinajstić information content (AvgIpc) is 2.35. The van der Waals surface area contributed by atoms with Gasteiger partial charge in [0.05, 0.1) is 0 Å². The summed E-state index contributed by atoms with van der Waals surface area (Å²) in [7, 11) is 0. The number of guanidine groups is 1. The molecule has 0 rings (SSSR count). The number of hydrogen-bond donors (Lipinski definition) is 3. The van der Waals surface area contributed by atoms with E-state index in [1.165, 1.54) is 4.90 Å². The molecule has 0 heterocycles. The molecule has 0 spiro atoms. The van der Waals surface area contributed by atoms with Crippen LogP contribution in [0.25, 0.3) is 0 Å². The van der Waals surface area contributed by atoms with Crippen LogP contribution in [-0.2, 0) is 0 Å². The molecule has 0 fully saturated rings. The fourth-order valence-electron chi connectivity index (χ4n) is 1.77. The summed E-state index contributed by atoms with van der Waals surface area (Å²) in [6.07, 6.45) is 4.52. The SMILES string of the molecule is CC(C)CN(CCCCCCN=C(N)NC#N)C(=O)O. The van der Waals surface area contributed by atoms with Gasteiger partial charge in [-0.25, -0.2) is 4.79 Å². The molecule has 4 N–H and O–H groups in total. The second kappa shape index (κ2) is 10.9. The van der Waals surface area contributed by atoms with Crippen LogP contribution in [0.4, 0.5) is 4.79 Å². The highest BCUT2D eigenvalue weighted by molar-refractivity contribution is 5.79. The van der Waals surface area contributed by atoms with Crippen molar-refractivity contribution in [1.29, 1.82) is 5.26 Å². The lowest BCUT2D eigenvalue weighted by Gasteiger charge is -2.21. The molecule has 0 radical (unpaired) electrons. The van der Waals surface area contributed by atoms with E-state index >= 15 is 0 Å². The normalized spacial score (nSPS) is 11.2. The summed E-state index contributed by atoms with van der Waals surface area (Å²) in [6, 6.07) is 0. The molecule has 0 unspecified atom stereocenters. The maximum Gasteiger partial charge on any atom is 0.407 e. The number of nitrogens with zero attached hydrogens (tertiary/aromatic N) is 3. The van der Waals surface area contributed by atoms with Gasteiger partial charge in [-0.15, -0.1) is 0 Å². The van der Waals surface area contributed by atoms with E-state index < -0.39 is 6.09 Å². The monoisotopic (exact) mass is 283 g/mol. The third-order valence-corrected chi connectivity index (χ3v) is 2.66. The first-order chi connectivity index (χ1) is 9.47. The Morgan fingerprint density at radius 3 is 2.60 bits per heavy atom. The van der Waals surface area contributed by atoms with Gasteiger partial charge >= 0.3 is 6.09 Å². The average molecular weight is 283 g/mol. The summed E-state index contributed by atoms with van der Waals surface area (Å²) in [4.78, 5) is 16.4. The maximum absolute atomic E-state index is 11.0. The minimum absolute atomic E-state index is 0.140. The minimum atomic E-state index is -0.848. The number of carboxylic acid groups (broad SMARTS) is 1. The Morgan fingerprint density at radius 2 is 2.05 bits per heavy atom. The van der Waals surface area contributed by atoms with Crippen LogP contribution < -0.4 is 11.1 Å². The molecule has 7 nitrogen and oxygen atoms in total. The van der Waals surface area contributed by atoms with Gasteiger partial charge in [0.15, 0.2) is 6.19 Å². The van der Waals surface area contributed by atoms with E-state index in [4.69, 9.17) is 16.1 Å². The topological polar surface area (TPSA) is 115 Å². The second-order valence-electron chi connectivity index (χ2n) is 5.04. The Balaban J connectivity index is 3.67. The lowest BCUT2D eigenvalue weighted by molar-refractivity contribution is 0.138. The number of unbranched alkanes of at least 4 members (excludes halogenated alkanes) is 3. The van der Waals surface area contributed by atoms with E-state index in [9.17, 15) is 4.79 Å². The minimum Gasteiger partial charge on any atom is -0.465 e. The van der Waals surface area contributed by atoms with E-state index in [0.29, 0.717) is 25.6 Å². The molecule has 1 amide bonds. The fourth-order valence-corrected chi connectivity index (χ4v) is 1.77. The lowest BCUT2D eigenvalue weighted by atomic mass is 10.1. The van der Waals surface area contributed by atoms with Crippen molar-refractivity contribution in [1.82, 2.24) is 10.2 Å². The summed E-state index contributed by atoms with van der Waals surface area (Å²) in [6.45, 7) is 5.75. The van der Waals surface area contributed by atoms with Crippen LogP contribution >= 0.6 is 0 Å². The van der Waals surface area contributed by atoms with Crippen LogP contribution in [-0.4, -0.2) is 41.7 Å². The molecule has 7 heteroatoms. The van der Waals surface area contributed by atoms with Gasteiger partial charge in [0.25, 0.3) is 0 Å². The van der Waals surface area contributed by atoms with Gasteiger partial charge in [0.1, 0.15) is 0 Å². The Bertz CT molecular complexity index is 349. The summed E-state index contributed by atoms with van der Waals surface area (Å²) >= 11 is 0. The van der Waals surface area contributed by atoms with Crippen molar-refractivity contribution in [3.05, 3.63) is 0 Å². The van der Waals surface area contributed by atoms with E-state index in [1.807, 2.05) is 13.8 Å². The summed E-state index contributed by atoms with van der Waals surface area (Å²) < 4.78 is 0. The van der Waals surface area contributed by atoms with Crippen molar-refractivity contribution < 1.29 is 9.90 Å². The standard InChI is InChI=1S/C13H25N5O2/c1-11(2)9-18(13(19)20)8-6-4-3-5-7-16-12(15)17-10-14/h11H,3-9H2,1-2H3,(H,19,20)(H3,15,16,17). The summed E-state index contributed by atoms with van der Waals surface area (Å²) in [5.74, 6) is 0.484. The van der Waals surface area contributed by atoms with Crippen LogP contribution in [0.15, 0.2) is 4.99 Å². The van der Waals surface area contributed by atoms with Gasteiger partial charge < -0.3 is 15.7 Å². The molecule has 0 aliphatic heterocycles. The zero-order valence-corrected chi connectivity index (χ0v) is 12.3. The molecular formula is C13H25N5O2. The second-order valence-corrected chi connectivity index (χ2v) is 5.04. The first-order valence-electron chi connectivity index (χ1n) is 6.90. The molecule has 0 aromatic rings. The van der Waals surface area contributed by atoms with Crippen molar-refractivity contribution in [2.75, 3.05) is 19.6 Å². The Labute approximate surface area is 120 Å². The van der Waals surface area contributed by atoms with Crippen LogP contribution in [0.1, 0.15) is 39.5 Å². The molecule has 0 aromatic carbocycles. The van der Waals surface area contributed by atoms with Gasteiger partial charge in [-0.2, -0.15) is 5.26 Å². The molecule has 20 heavy (non-hydrogen) atoms. The van der Waals surface area contributed by atoms with Crippen molar-refractivity contribution in [3.63, 3.8) is 0 Å². The molecule has 0 saturated heterocycles. The van der Waals surface area contributed by atoms with E-state index in [0.717, 1.165) is 25.7 Å². The van der Waals surface area contributed by atoms with Gasteiger partial charge in [-0.1, -0.05) is 26.7 Å². The first-order valence-corrected chi connectivity index (χ1v) is 6.90. The molecule has 0 saturated carbocycles. The van der Waals surface area contributed by atoms with Gasteiger partial charge in [-0.05, 0) is 18.8 Å². The van der Waals surface area contributed by atoms with Gasteiger partial charge in [0.2, 0.25) is 5.96 Å². The fraction of sp³-hybridized carbons (Fsp3) is 0.769. The summed E-state index contributed by atoms with van der Waals surface area (Å²) in [5, 5.41) is 19.6. The number of aliphatic imine (C=N–C) groups is 1. The lowest BCUT2D eigenvalue weighted by Crippen LogP contribution is -2.33. The van der Waals surface area contributed by atoms with E-state index in [1.54, 1.807) is 6.19 Å². The Morgan fingerprint density at radius 1 is 1.40 bits per heavy atom. The number of nitrogens with two attached hydrogens (primary N) is 1. The predicted octanol–water partition coefficient (Wildman–Crippen LogP) is 1.57. The van der Waals surface area contributed by atoms with Crippen molar-refractivity contribution in [2.45, 2.75) is 39.5 Å². The quantitative estimate of drug-likeness (QED) is 0.195. The molecule has 0 aliphatic rings. The largest absolute Gasteiger partial charge is 0.465 e. The first kappa shape index (κ1) is 18.0. The third kappa shape index (κ3) is 10.00. The van der Waals surface area contributed by atoms with Crippen molar-refractivity contribution in [2.24, 2.45) is 16.6 Å². The number of nitriles is 1. The Hall–Kier alpha value is -1.97. The van der Waals surface area contributed by atoms with Crippen molar-refractivity contribution in [3.8, 4) is 6.19 Å². The zero-order chi connectivity index (χ0) is 15.4. The number of rotatable bonds is 9. The molecule has 0 aliphatic carbocycles. The molecular weight excluding hydrogens is 258 g/mol. The van der Waals surface area contributed by atoms with Gasteiger partial charge in [-0.3, -0.25) is 10.3 Å². The number of carbonyl (C=O) groups is 1. The van der Waals surface area contributed by atoms with E-state index in [2.05, 4.69) is 10.3 Å². The molecule has 0 atom stereocenters. The maximum atomic E-state index is 11.0. The number of hydrogen-bond acceptors (Lipinski definition) is 3.